The Morgan fingerprint density at radius 1 is 1.50 bits per heavy atom. The smallest absolute Gasteiger partial charge is 0.252 e. The van der Waals surface area contributed by atoms with Crippen LogP contribution in [0.5, 0.6) is 0 Å². The second kappa shape index (κ2) is 6.58. The Bertz CT molecular complexity index is 554. The molecule has 1 amide bonds. The van der Waals surface area contributed by atoms with Gasteiger partial charge in [0.2, 0.25) is 0 Å². The minimum absolute atomic E-state index is 0.0389. The summed E-state index contributed by atoms with van der Waals surface area (Å²) in [7, 11) is 0. The van der Waals surface area contributed by atoms with Crippen molar-refractivity contribution in [1.82, 2.24) is 5.32 Å². The van der Waals surface area contributed by atoms with Gasteiger partial charge < -0.3 is 10.4 Å². The van der Waals surface area contributed by atoms with Gasteiger partial charge in [-0.15, -0.1) is 0 Å². The minimum Gasteiger partial charge on any atom is -0.395 e. The molecule has 0 heterocycles. The zero-order valence-corrected chi connectivity index (χ0v) is 12.1. The van der Waals surface area contributed by atoms with Crippen LogP contribution in [0, 0.1) is 24.7 Å². The van der Waals surface area contributed by atoms with Crippen LogP contribution in [-0.2, 0) is 0 Å². The minimum atomic E-state index is -0.0389. The molecule has 20 heavy (non-hydrogen) atoms. The van der Waals surface area contributed by atoms with Crippen LogP contribution in [0.1, 0.15) is 47.7 Å². The lowest BCUT2D eigenvalue weighted by molar-refractivity contribution is 0.0948. The average Bonchev–Trinajstić information content (AvgIpc) is 3.18. The van der Waals surface area contributed by atoms with Crippen molar-refractivity contribution in [1.29, 1.82) is 0 Å². The quantitative estimate of drug-likeness (QED) is 0.825. The van der Waals surface area contributed by atoms with Gasteiger partial charge in [0.1, 0.15) is 0 Å². The maximum atomic E-state index is 12.3. The lowest BCUT2D eigenvalue weighted by Crippen LogP contribution is -2.27. The van der Waals surface area contributed by atoms with Crippen LogP contribution in [0.15, 0.2) is 18.2 Å². The molecule has 3 nitrogen and oxygen atoms in total. The first-order valence-corrected chi connectivity index (χ1v) is 7.17. The summed E-state index contributed by atoms with van der Waals surface area (Å²) in [6.07, 6.45) is 2.62. The normalized spacial score (nSPS) is 19.9. The van der Waals surface area contributed by atoms with E-state index in [1.54, 1.807) is 0 Å². The van der Waals surface area contributed by atoms with E-state index in [4.69, 9.17) is 5.11 Å². The SMILES string of the molecule is CCC1CC1NC(=O)c1cc(C)ccc1C#CCCO. The van der Waals surface area contributed by atoms with Crippen LogP contribution in [0.3, 0.4) is 0 Å². The largest absolute Gasteiger partial charge is 0.395 e. The van der Waals surface area contributed by atoms with Gasteiger partial charge in [-0.25, -0.2) is 0 Å². The molecule has 1 aliphatic carbocycles. The number of hydrogen-bond donors (Lipinski definition) is 2. The van der Waals surface area contributed by atoms with Gasteiger partial charge in [-0.2, -0.15) is 0 Å². The summed E-state index contributed by atoms with van der Waals surface area (Å²) in [5, 5.41) is 11.8. The first-order chi connectivity index (χ1) is 9.65. The van der Waals surface area contributed by atoms with E-state index in [1.807, 2.05) is 25.1 Å². The summed E-state index contributed by atoms with van der Waals surface area (Å²) in [4.78, 5) is 12.3. The Morgan fingerprint density at radius 2 is 2.30 bits per heavy atom. The van der Waals surface area contributed by atoms with Crippen LogP contribution in [-0.4, -0.2) is 23.7 Å². The summed E-state index contributed by atoms with van der Waals surface area (Å²) in [5.74, 6) is 6.44. The van der Waals surface area contributed by atoms with E-state index in [2.05, 4.69) is 24.1 Å². The molecule has 0 saturated heterocycles. The summed E-state index contributed by atoms with van der Waals surface area (Å²) in [6.45, 7) is 4.16. The van der Waals surface area contributed by atoms with Crippen molar-refractivity contribution in [3.63, 3.8) is 0 Å². The van der Waals surface area contributed by atoms with E-state index in [1.165, 1.54) is 0 Å². The Hall–Kier alpha value is -1.79. The molecule has 106 valence electrons. The number of benzene rings is 1. The third kappa shape index (κ3) is 3.61. The molecule has 2 atom stereocenters. The standard InChI is InChI=1S/C17H21NO2/c1-3-13-11-16(13)18-17(20)15-10-12(2)7-8-14(15)6-4-5-9-19/h7-8,10,13,16,19H,3,5,9,11H2,1-2H3,(H,18,20). The summed E-state index contributed by atoms with van der Waals surface area (Å²) >= 11 is 0. The molecule has 2 unspecified atom stereocenters. The van der Waals surface area contributed by atoms with Gasteiger partial charge in [-0.05, 0) is 31.4 Å². The maximum absolute atomic E-state index is 12.3. The molecular formula is C17H21NO2. The third-order valence-electron chi connectivity index (χ3n) is 3.64. The van der Waals surface area contributed by atoms with Crippen molar-refractivity contribution >= 4 is 5.91 Å². The lowest BCUT2D eigenvalue weighted by Gasteiger charge is -2.07. The number of nitrogens with one attached hydrogen (secondary N) is 1. The Balaban J connectivity index is 2.14. The van der Waals surface area contributed by atoms with Crippen LogP contribution in [0.2, 0.25) is 0 Å². The molecule has 1 fully saturated rings. The van der Waals surface area contributed by atoms with Gasteiger partial charge in [0, 0.05) is 18.0 Å². The molecule has 1 aliphatic rings. The summed E-state index contributed by atoms with van der Waals surface area (Å²) in [5.41, 5.74) is 2.41. The van der Waals surface area contributed by atoms with Gasteiger partial charge in [-0.3, -0.25) is 4.79 Å². The molecule has 1 aromatic carbocycles. The van der Waals surface area contributed by atoms with E-state index < -0.39 is 0 Å². The highest BCUT2D eigenvalue weighted by atomic mass is 16.2. The number of aryl methyl sites for hydroxylation is 1. The first kappa shape index (κ1) is 14.6. The van der Waals surface area contributed by atoms with Crippen molar-refractivity contribution in [3.8, 4) is 11.8 Å². The van der Waals surface area contributed by atoms with E-state index in [-0.39, 0.29) is 12.5 Å². The predicted octanol–water partition coefficient (Wildman–Crippen LogP) is 2.26. The number of aliphatic hydroxyl groups is 1. The van der Waals surface area contributed by atoms with Crippen molar-refractivity contribution in [3.05, 3.63) is 34.9 Å². The van der Waals surface area contributed by atoms with Crippen LogP contribution >= 0.6 is 0 Å². The molecule has 0 aliphatic heterocycles. The zero-order chi connectivity index (χ0) is 14.5. The first-order valence-electron chi connectivity index (χ1n) is 7.17. The number of hydrogen-bond acceptors (Lipinski definition) is 2. The van der Waals surface area contributed by atoms with Crippen LogP contribution in [0.4, 0.5) is 0 Å². The zero-order valence-electron chi connectivity index (χ0n) is 12.1. The molecule has 2 rings (SSSR count). The molecular weight excluding hydrogens is 250 g/mol. The topological polar surface area (TPSA) is 49.3 Å². The van der Waals surface area contributed by atoms with Gasteiger partial charge in [0.15, 0.2) is 0 Å². The molecule has 0 spiro atoms. The molecule has 0 radical (unpaired) electrons. The van der Waals surface area contributed by atoms with E-state index >= 15 is 0 Å². The number of aliphatic hydroxyl groups excluding tert-OH is 1. The maximum Gasteiger partial charge on any atom is 0.252 e. The summed E-state index contributed by atoms with van der Waals surface area (Å²) in [6, 6.07) is 6.03. The van der Waals surface area contributed by atoms with E-state index in [0.717, 1.165) is 24.0 Å². The van der Waals surface area contributed by atoms with Crippen LogP contribution < -0.4 is 5.32 Å². The summed E-state index contributed by atoms with van der Waals surface area (Å²) < 4.78 is 0. The molecule has 1 saturated carbocycles. The van der Waals surface area contributed by atoms with Crippen molar-refractivity contribution in [2.24, 2.45) is 5.92 Å². The molecule has 1 aromatic rings. The highest BCUT2D eigenvalue weighted by Crippen LogP contribution is 2.33. The highest BCUT2D eigenvalue weighted by molar-refractivity contribution is 5.97. The van der Waals surface area contributed by atoms with Gasteiger partial charge in [0.05, 0.1) is 12.2 Å². The van der Waals surface area contributed by atoms with Crippen molar-refractivity contribution in [2.45, 2.75) is 39.2 Å². The number of amides is 1. The Kier molecular flexibility index (Phi) is 4.81. The third-order valence-corrected chi connectivity index (χ3v) is 3.64. The molecule has 0 aromatic heterocycles. The monoisotopic (exact) mass is 271 g/mol. The van der Waals surface area contributed by atoms with Crippen molar-refractivity contribution in [2.75, 3.05) is 6.61 Å². The van der Waals surface area contributed by atoms with Gasteiger partial charge in [-0.1, -0.05) is 36.8 Å². The van der Waals surface area contributed by atoms with E-state index in [0.29, 0.717) is 23.9 Å². The second-order valence-corrected chi connectivity index (χ2v) is 5.31. The lowest BCUT2D eigenvalue weighted by atomic mass is 10.0. The van der Waals surface area contributed by atoms with Gasteiger partial charge in [0.25, 0.3) is 5.91 Å². The highest BCUT2D eigenvalue weighted by Gasteiger charge is 2.36. The Labute approximate surface area is 120 Å². The number of carbonyl (C=O) groups is 1. The fraction of sp³-hybridized carbons (Fsp3) is 0.471. The number of rotatable bonds is 4. The molecule has 3 heteroatoms. The van der Waals surface area contributed by atoms with Gasteiger partial charge >= 0.3 is 0 Å². The van der Waals surface area contributed by atoms with Crippen LogP contribution in [0.25, 0.3) is 0 Å². The predicted molar refractivity (Wildman–Crippen MR) is 79.4 cm³/mol. The van der Waals surface area contributed by atoms with Crippen molar-refractivity contribution < 1.29 is 9.90 Å². The average molecular weight is 271 g/mol. The fourth-order valence-electron chi connectivity index (χ4n) is 2.29. The molecule has 2 N–H and O–H groups in total. The van der Waals surface area contributed by atoms with E-state index in [9.17, 15) is 4.79 Å². The fourth-order valence-corrected chi connectivity index (χ4v) is 2.29. The molecule has 0 bridgehead atoms. The second-order valence-electron chi connectivity index (χ2n) is 5.31. The Morgan fingerprint density at radius 3 is 2.95 bits per heavy atom. The number of carbonyl (C=O) groups excluding carboxylic acids is 1.